The molecular weight excluding hydrogens is 262 g/mol. The molecule has 0 spiro atoms. The quantitative estimate of drug-likeness (QED) is 0.585. The standard InChI is InChI=1S/C10H21NO5.2C2H6/c1-11-10(12)9-16-8-7-15-6-5-14-4-3-13-2;2*1-2/h3-9H2,1-2H3,(H,11,12);2*1-2H3. The average molecular weight is 295 g/mol. The van der Waals surface area contributed by atoms with Gasteiger partial charge in [0.05, 0.1) is 39.6 Å². The zero-order chi connectivity index (χ0) is 16.1. The lowest BCUT2D eigenvalue weighted by Crippen LogP contribution is -2.24. The van der Waals surface area contributed by atoms with E-state index >= 15 is 0 Å². The number of rotatable bonds is 11. The van der Waals surface area contributed by atoms with Crippen LogP contribution in [0.1, 0.15) is 27.7 Å². The maximum atomic E-state index is 10.7. The first kappa shape index (κ1) is 24.3. The van der Waals surface area contributed by atoms with E-state index in [0.29, 0.717) is 39.6 Å². The van der Waals surface area contributed by atoms with Gasteiger partial charge in [0.2, 0.25) is 5.91 Å². The molecule has 0 fully saturated rings. The van der Waals surface area contributed by atoms with E-state index in [2.05, 4.69) is 5.32 Å². The van der Waals surface area contributed by atoms with E-state index in [9.17, 15) is 4.79 Å². The summed E-state index contributed by atoms with van der Waals surface area (Å²) in [5.74, 6) is -0.136. The Labute approximate surface area is 124 Å². The molecule has 0 aliphatic carbocycles. The van der Waals surface area contributed by atoms with Gasteiger partial charge in [-0.15, -0.1) is 0 Å². The molecule has 6 heteroatoms. The van der Waals surface area contributed by atoms with Gasteiger partial charge in [-0.1, -0.05) is 27.7 Å². The highest BCUT2D eigenvalue weighted by Crippen LogP contribution is 1.81. The highest BCUT2D eigenvalue weighted by Gasteiger charge is 1.96. The Kier molecular flexibility index (Phi) is 32.6. The van der Waals surface area contributed by atoms with Crippen LogP contribution in [0.2, 0.25) is 0 Å². The summed E-state index contributed by atoms with van der Waals surface area (Å²) in [6.45, 7) is 11.2. The maximum Gasteiger partial charge on any atom is 0.245 e. The molecule has 0 aromatic carbocycles. The van der Waals surface area contributed by atoms with Gasteiger partial charge < -0.3 is 24.3 Å². The van der Waals surface area contributed by atoms with Gasteiger partial charge in [0.15, 0.2) is 0 Å². The van der Waals surface area contributed by atoms with E-state index in [-0.39, 0.29) is 12.5 Å². The number of amides is 1. The lowest BCUT2D eigenvalue weighted by molar-refractivity contribution is -0.125. The van der Waals surface area contributed by atoms with Crippen molar-refractivity contribution in [2.75, 3.05) is 60.4 Å². The number of ether oxygens (including phenoxy) is 4. The Morgan fingerprint density at radius 2 is 1.20 bits per heavy atom. The predicted octanol–water partition coefficient (Wildman–Crippen LogP) is 1.48. The van der Waals surface area contributed by atoms with E-state index in [0.717, 1.165) is 0 Å². The minimum absolute atomic E-state index is 0.0736. The molecule has 0 aromatic heterocycles. The Balaban J connectivity index is -0.000000656. The highest BCUT2D eigenvalue weighted by molar-refractivity contribution is 5.76. The zero-order valence-corrected chi connectivity index (χ0v) is 14.0. The summed E-state index contributed by atoms with van der Waals surface area (Å²) in [7, 11) is 3.20. The van der Waals surface area contributed by atoms with Gasteiger partial charge in [-0.25, -0.2) is 0 Å². The molecule has 0 saturated carbocycles. The molecule has 0 aliphatic rings. The second-order valence-electron chi connectivity index (χ2n) is 2.94. The van der Waals surface area contributed by atoms with E-state index in [1.165, 1.54) is 0 Å². The van der Waals surface area contributed by atoms with Gasteiger partial charge in [-0.2, -0.15) is 0 Å². The summed E-state index contributed by atoms with van der Waals surface area (Å²) in [6, 6.07) is 0. The third-order valence-corrected chi connectivity index (χ3v) is 1.69. The minimum atomic E-state index is -0.136. The normalized spacial score (nSPS) is 8.90. The maximum absolute atomic E-state index is 10.7. The molecule has 0 heterocycles. The summed E-state index contributed by atoms with van der Waals surface area (Å²) in [5.41, 5.74) is 0. The van der Waals surface area contributed by atoms with Crippen molar-refractivity contribution in [1.29, 1.82) is 0 Å². The van der Waals surface area contributed by atoms with E-state index in [1.807, 2.05) is 27.7 Å². The lowest BCUT2D eigenvalue weighted by Gasteiger charge is -2.06. The largest absolute Gasteiger partial charge is 0.382 e. The van der Waals surface area contributed by atoms with Crippen LogP contribution in [0, 0.1) is 0 Å². The van der Waals surface area contributed by atoms with Crippen LogP contribution in [0.5, 0.6) is 0 Å². The summed E-state index contributed by atoms with van der Waals surface area (Å²) < 4.78 is 20.2. The number of nitrogens with one attached hydrogen (secondary N) is 1. The lowest BCUT2D eigenvalue weighted by atomic mass is 10.6. The van der Waals surface area contributed by atoms with Crippen LogP contribution in [-0.4, -0.2) is 66.3 Å². The number of hydrogen-bond acceptors (Lipinski definition) is 5. The molecule has 0 unspecified atom stereocenters. The number of carbonyl (C=O) groups excluding carboxylic acids is 1. The summed E-state index contributed by atoms with van der Waals surface area (Å²) in [4.78, 5) is 10.7. The van der Waals surface area contributed by atoms with Crippen molar-refractivity contribution in [1.82, 2.24) is 5.32 Å². The van der Waals surface area contributed by atoms with Crippen LogP contribution < -0.4 is 5.32 Å². The second kappa shape index (κ2) is 26.8. The number of carbonyl (C=O) groups is 1. The molecule has 1 amide bonds. The average Bonchev–Trinajstić information content (AvgIpc) is 2.52. The highest BCUT2D eigenvalue weighted by atomic mass is 16.6. The summed E-state index contributed by atoms with van der Waals surface area (Å²) >= 11 is 0. The predicted molar refractivity (Wildman–Crippen MR) is 81.1 cm³/mol. The van der Waals surface area contributed by atoms with Gasteiger partial charge in [-0.3, -0.25) is 4.79 Å². The first-order valence-corrected chi connectivity index (χ1v) is 7.24. The van der Waals surface area contributed by atoms with Crippen molar-refractivity contribution in [3.63, 3.8) is 0 Å². The van der Waals surface area contributed by atoms with E-state index in [1.54, 1.807) is 14.2 Å². The molecule has 0 saturated heterocycles. The summed E-state index contributed by atoms with van der Waals surface area (Å²) in [6.07, 6.45) is 0. The molecule has 124 valence electrons. The molecule has 20 heavy (non-hydrogen) atoms. The molecular formula is C14H33NO5. The molecule has 0 aromatic rings. The van der Waals surface area contributed by atoms with Crippen LogP contribution in [0.15, 0.2) is 0 Å². The van der Waals surface area contributed by atoms with Crippen LogP contribution in [-0.2, 0) is 23.7 Å². The Bertz CT molecular complexity index is 168. The summed E-state index contributed by atoms with van der Waals surface area (Å²) in [5, 5.41) is 2.46. The van der Waals surface area contributed by atoms with Gasteiger partial charge in [0.1, 0.15) is 6.61 Å². The molecule has 0 rings (SSSR count). The fourth-order valence-electron chi connectivity index (χ4n) is 0.819. The van der Waals surface area contributed by atoms with Crippen molar-refractivity contribution in [2.24, 2.45) is 0 Å². The van der Waals surface area contributed by atoms with Crippen molar-refractivity contribution < 1.29 is 23.7 Å². The topological polar surface area (TPSA) is 66.0 Å². The second-order valence-corrected chi connectivity index (χ2v) is 2.94. The third kappa shape index (κ3) is 26.0. The van der Waals surface area contributed by atoms with Crippen LogP contribution >= 0.6 is 0 Å². The molecule has 0 atom stereocenters. The zero-order valence-electron chi connectivity index (χ0n) is 14.0. The molecule has 1 N–H and O–H groups in total. The van der Waals surface area contributed by atoms with Gasteiger partial charge in [0, 0.05) is 14.2 Å². The van der Waals surface area contributed by atoms with Crippen LogP contribution in [0.4, 0.5) is 0 Å². The SMILES string of the molecule is CC.CC.CNC(=O)COCCOCCOCCOC. The fraction of sp³-hybridized carbons (Fsp3) is 0.929. The Morgan fingerprint density at radius 3 is 1.60 bits per heavy atom. The fourth-order valence-corrected chi connectivity index (χ4v) is 0.819. The van der Waals surface area contributed by atoms with E-state index in [4.69, 9.17) is 18.9 Å². The molecule has 0 bridgehead atoms. The van der Waals surface area contributed by atoms with Crippen LogP contribution in [0.25, 0.3) is 0 Å². The van der Waals surface area contributed by atoms with Crippen molar-refractivity contribution in [3.8, 4) is 0 Å². The van der Waals surface area contributed by atoms with Crippen molar-refractivity contribution in [2.45, 2.75) is 27.7 Å². The van der Waals surface area contributed by atoms with Gasteiger partial charge in [-0.05, 0) is 0 Å². The van der Waals surface area contributed by atoms with Crippen LogP contribution in [0.3, 0.4) is 0 Å². The van der Waals surface area contributed by atoms with Crippen molar-refractivity contribution in [3.05, 3.63) is 0 Å². The number of methoxy groups -OCH3 is 1. The molecule has 6 nitrogen and oxygen atoms in total. The number of hydrogen-bond donors (Lipinski definition) is 1. The minimum Gasteiger partial charge on any atom is -0.382 e. The Morgan fingerprint density at radius 1 is 0.800 bits per heavy atom. The van der Waals surface area contributed by atoms with Gasteiger partial charge >= 0.3 is 0 Å². The van der Waals surface area contributed by atoms with Gasteiger partial charge in [0.25, 0.3) is 0 Å². The monoisotopic (exact) mass is 295 g/mol. The molecule has 0 aliphatic heterocycles. The Hall–Kier alpha value is -0.690. The first-order valence-electron chi connectivity index (χ1n) is 7.24. The number of likely N-dealkylation sites (N-methyl/N-ethyl adjacent to an activating group) is 1. The smallest absolute Gasteiger partial charge is 0.245 e. The first-order chi connectivity index (χ1) is 9.81. The molecule has 0 radical (unpaired) electrons. The van der Waals surface area contributed by atoms with E-state index < -0.39 is 0 Å². The third-order valence-electron chi connectivity index (χ3n) is 1.69. The van der Waals surface area contributed by atoms with Crippen molar-refractivity contribution >= 4 is 5.91 Å².